The van der Waals surface area contributed by atoms with Crippen molar-refractivity contribution in [2.75, 3.05) is 20.3 Å². The number of nitrogens with one attached hydrogen (secondary N) is 1. The van der Waals surface area contributed by atoms with Gasteiger partial charge in [-0.25, -0.2) is 0 Å². The molecule has 0 bridgehead atoms. The molecule has 0 radical (unpaired) electrons. The average molecular weight is 281 g/mol. The minimum atomic E-state index is 0.237. The number of ether oxygens (including phenoxy) is 2. The largest absolute Gasteiger partial charge is 0.493 e. The average Bonchev–Trinajstić information content (AvgIpc) is 2.90. The summed E-state index contributed by atoms with van der Waals surface area (Å²) in [6.07, 6.45) is 6.76. The first-order valence-corrected chi connectivity index (χ1v) is 7.74. The number of rotatable bonds is 7. The van der Waals surface area contributed by atoms with Crippen molar-refractivity contribution in [3.63, 3.8) is 0 Å². The molecule has 2 unspecified atom stereocenters. The van der Waals surface area contributed by atoms with Crippen LogP contribution in [0.4, 0.5) is 0 Å². The Hall–Kier alpha value is -1.07. The zero-order valence-corrected chi connectivity index (χ0v) is 12.9. The van der Waals surface area contributed by atoms with Gasteiger partial charge in [0.05, 0.1) is 31.1 Å². The van der Waals surface area contributed by atoms with Gasteiger partial charge in [-0.3, -0.25) is 4.68 Å². The predicted octanol–water partition coefficient (Wildman–Crippen LogP) is 2.52. The third-order valence-electron chi connectivity index (χ3n) is 3.92. The first-order chi connectivity index (χ1) is 9.80. The molecule has 20 heavy (non-hydrogen) atoms. The van der Waals surface area contributed by atoms with Gasteiger partial charge in [0.25, 0.3) is 0 Å². The van der Waals surface area contributed by atoms with Gasteiger partial charge in [0, 0.05) is 13.2 Å². The van der Waals surface area contributed by atoms with E-state index in [1.54, 1.807) is 7.11 Å². The maximum atomic E-state index is 5.89. The lowest BCUT2D eigenvalue weighted by atomic mass is 9.99. The molecule has 0 aromatic carbocycles. The summed E-state index contributed by atoms with van der Waals surface area (Å²) < 4.78 is 13.4. The van der Waals surface area contributed by atoms with Crippen molar-refractivity contribution in [3.8, 4) is 5.75 Å². The van der Waals surface area contributed by atoms with Crippen molar-refractivity contribution in [2.45, 2.75) is 58.2 Å². The second kappa shape index (κ2) is 7.64. The van der Waals surface area contributed by atoms with E-state index in [1.807, 2.05) is 10.9 Å². The summed E-state index contributed by atoms with van der Waals surface area (Å²) >= 11 is 0. The van der Waals surface area contributed by atoms with E-state index in [2.05, 4.69) is 24.3 Å². The molecule has 0 saturated carbocycles. The van der Waals surface area contributed by atoms with Crippen molar-refractivity contribution in [1.82, 2.24) is 15.1 Å². The monoisotopic (exact) mass is 281 g/mol. The molecule has 0 amide bonds. The molecule has 1 N–H and O–H groups in total. The zero-order chi connectivity index (χ0) is 14.4. The van der Waals surface area contributed by atoms with E-state index in [0.29, 0.717) is 6.10 Å². The SMILES string of the molecule is CCNC(CC1CCCCO1)c1c(OC)cnn1CC. The van der Waals surface area contributed by atoms with Gasteiger partial charge in [-0.15, -0.1) is 0 Å². The van der Waals surface area contributed by atoms with Gasteiger partial charge in [0.2, 0.25) is 0 Å². The molecule has 1 aliphatic rings. The lowest BCUT2D eigenvalue weighted by molar-refractivity contribution is 0.00450. The Labute approximate surface area is 121 Å². The molecule has 1 aliphatic heterocycles. The van der Waals surface area contributed by atoms with Crippen LogP contribution < -0.4 is 10.1 Å². The fourth-order valence-electron chi connectivity index (χ4n) is 2.93. The minimum absolute atomic E-state index is 0.237. The first-order valence-electron chi connectivity index (χ1n) is 7.74. The Morgan fingerprint density at radius 2 is 2.35 bits per heavy atom. The van der Waals surface area contributed by atoms with E-state index in [4.69, 9.17) is 9.47 Å². The maximum absolute atomic E-state index is 5.89. The van der Waals surface area contributed by atoms with Crippen molar-refractivity contribution in [3.05, 3.63) is 11.9 Å². The molecule has 1 saturated heterocycles. The van der Waals surface area contributed by atoms with E-state index in [-0.39, 0.29) is 6.04 Å². The van der Waals surface area contributed by atoms with E-state index in [9.17, 15) is 0 Å². The quantitative estimate of drug-likeness (QED) is 0.834. The van der Waals surface area contributed by atoms with Crippen molar-refractivity contribution >= 4 is 0 Å². The molecular formula is C15H27N3O2. The Balaban J connectivity index is 2.15. The standard InChI is InChI=1S/C15H27N3O2/c1-4-16-13(10-12-8-6-7-9-20-12)15-14(19-3)11-17-18(15)5-2/h11-13,16H,4-10H2,1-3H3. The van der Waals surface area contributed by atoms with Gasteiger partial charge in [0.1, 0.15) is 0 Å². The lowest BCUT2D eigenvalue weighted by Gasteiger charge is -2.28. The van der Waals surface area contributed by atoms with Crippen LogP contribution in [0.25, 0.3) is 0 Å². The summed E-state index contributed by atoms with van der Waals surface area (Å²) in [6, 6.07) is 0.237. The number of methoxy groups -OCH3 is 1. The summed E-state index contributed by atoms with van der Waals surface area (Å²) in [5.41, 5.74) is 1.14. The van der Waals surface area contributed by atoms with Crippen LogP contribution in [0.2, 0.25) is 0 Å². The molecule has 1 aromatic rings. The molecule has 5 heteroatoms. The second-order valence-electron chi connectivity index (χ2n) is 5.25. The van der Waals surface area contributed by atoms with Crippen LogP contribution in [0.5, 0.6) is 5.75 Å². The number of hydrogen-bond donors (Lipinski definition) is 1. The fourth-order valence-corrected chi connectivity index (χ4v) is 2.93. The van der Waals surface area contributed by atoms with Crippen LogP contribution in [0.15, 0.2) is 6.20 Å². The van der Waals surface area contributed by atoms with E-state index >= 15 is 0 Å². The molecule has 2 rings (SSSR count). The van der Waals surface area contributed by atoms with Crippen molar-refractivity contribution < 1.29 is 9.47 Å². The van der Waals surface area contributed by atoms with Crippen LogP contribution >= 0.6 is 0 Å². The van der Waals surface area contributed by atoms with Gasteiger partial charge >= 0.3 is 0 Å². The maximum Gasteiger partial charge on any atom is 0.161 e. The van der Waals surface area contributed by atoms with Crippen molar-refractivity contribution in [1.29, 1.82) is 0 Å². The number of nitrogens with zero attached hydrogens (tertiary/aromatic N) is 2. The fraction of sp³-hybridized carbons (Fsp3) is 0.800. The molecular weight excluding hydrogens is 254 g/mol. The first kappa shape index (κ1) is 15.3. The number of aryl methyl sites for hydroxylation is 1. The molecule has 2 atom stereocenters. The van der Waals surface area contributed by atoms with Gasteiger partial charge < -0.3 is 14.8 Å². The van der Waals surface area contributed by atoms with Crippen LogP contribution in [0, 0.1) is 0 Å². The van der Waals surface area contributed by atoms with Crippen LogP contribution in [0.3, 0.4) is 0 Å². The van der Waals surface area contributed by atoms with Crippen LogP contribution in [0.1, 0.15) is 51.3 Å². The van der Waals surface area contributed by atoms with E-state index in [0.717, 1.165) is 44.0 Å². The smallest absolute Gasteiger partial charge is 0.161 e. The molecule has 114 valence electrons. The highest BCUT2D eigenvalue weighted by Gasteiger charge is 2.25. The summed E-state index contributed by atoms with van der Waals surface area (Å²) in [5, 5.41) is 7.97. The summed E-state index contributed by atoms with van der Waals surface area (Å²) in [4.78, 5) is 0. The Kier molecular flexibility index (Phi) is 5.86. The zero-order valence-electron chi connectivity index (χ0n) is 12.9. The third kappa shape index (κ3) is 3.52. The van der Waals surface area contributed by atoms with Crippen molar-refractivity contribution in [2.24, 2.45) is 0 Å². The number of hydrogen-bond acceptors (Lipinski definition) is 4. The third-order valence-corrected chi connectivity index (χ3v) is 3.92. The minimum Gasteiger partial charge on any atom is -0.493 e. The lowest BCUT2D eigenvalue weighted by Crippen LogP contribution is -2.30. The second-order valence-corrected chi connectivity index (χ2v) is 5.25. The molecule has 1 fully saturated rings. The molecule has 2 heterocycles. The van der Waals surface area contributed by atoms with Crippen LogP contribution in [-0.4, -0.2) is 36.1 Å². The molecule has 1 aromatic heterocycles. The molecule has 5 nitrogen and oxygen atoms in total. The summed E-state index contributed by atoms with van der Waals surface area (Å²) in [5.74, 6) is 0.869. The Morgan fingerprint density at radius 3 is 2.95 bits per heavy atom. The summed E-state index contributed by atoms with van der Waals surface area (Å²) in [7, 11) is 1.71. The molecule has 0 spiro atoms. The highest BCUT2D eigenvalue weighted by atomic mass is 16.5. The normalized spacial score (nSPS) is 20.9. The van der Waals surface area contributed by atoms with E-state index < -0.39 is 0 Å². The van der Waals surface area contributed by atoms with Crippen LogP contribution in [-0.2, 0) is 11.3 Å². The van der Waals surface area contributed by atoms with Gasteiger partial charge in [-0.05, 0) is 39.2 Å². The van der Waals surface area contributed by atoms with Gasteiger partial charge in [-0.2, -0.15) is 5.10 Å². The van der Waals surface area contributed by atoms with Gasteiger partial charge in [0.15, 0.2) is 5.75 Å². The molecule has 0 aliphatic carbocycles. The topological polar surface area (TPSA) is 48.3 Å². The summed E-state index contributed by atoms with van der Waals surface area (Å²) in [6.45, 7) is 6.92. The van der Waals surface area contributed by atoms with E-state index in [1.165, 1.54) is 12.8 Å². The highest BCUT2D eigenvalue weighted by Crippen LogP contribution is 2.30. The predicted molar refractivity (Wildman–Crippen MR) is 79.1 cm³/mol. The highest BCUT2D eigenvalue weighted by molar-refractivity contribution is 5.28. The Bertz CT molecular complexity index is 378. The number of aromatic nitrogens is 2. The Morgan fingerprint density at radius 1 is 1.50 bits per heavy atom. The van der Waals surface area contributed by atoms with Gasteiger partial charge in [-0.1, -0.05) is 6.92 Å².